The molecule has 0 spiro atoms. The van der Waals surface area contributed by atoms with Gasteiger partial charge in [0.1, 0.15) is 0 Å². The molecule has 1 rings (SSSR count). The van der Waals surface area contributed by atoms with Crippen LogP contribution in [0.1, 0.15) is 58.8 Å². The molecular weight excluding hydrogens is 188 g/mol. The van der Waals surface area contributed by atoms with Crippen molar-refractivity contribution < 1.29 is 9.84 Å². The third-order valence-corrected chi connectivity index (χ3v) is 3.13. The van der Waals surface area contributed by atoms with Gasteiger partial charge in [0.2, 0.25) is 0 Å². The summed E-state index contributed by atoms with van der Waals surface area (Å²) in [6.45, 7) is 5.36. The number of hydrogen-bond acceptors (Lipinski definition) is 2. The highest BCUT2D eigenvalue weighted by molar-refractivity contribution is 4.68. The van der Waals surface area contributed by atoms with Crippen molar-refractivity contribution in [2.75, 3.05) is 6.61 Å². The smallest absolute Gasteiger partial charge is 0.0599 e. The molecule has 15 heavy (non-hydrogen) atoms. The van der Waals surface area contributed by atoms with E-state index in [1.165, 1.54) is 19.3 Å². The molecule has 2 atom stereocenters. The minimum Gasteiger partial charge on any atom is -0.393 e. The summed E-state index contributed by atoms with van der Waals surface area (Å²) in [4.78, 5) is 0. The Bertz CT molecular complexity index is 151. The lowest BCUT2D eigenvalue weighted by atomic mass is 9.98. The van der Waals surface area contributed by atoms with Crippen molar-refractivity contribution in [2.24, 2.45) is 5.92 Å². The van der Waals surface area contributed by atoms with E-state index in [9.17, 15) is 5.11 Å². The second-order valence-electron chi connectivity index (χ2n) is 5.20. The Kier molecular flexibility index (Phi) is 6.26. The third kappa shape index (κ3) is 6.16. The number of aliphatic hydroxyl groups is 1. The summed E-state index contributed by atoms with van der Waals surface area (Å²) in [6.07, 6.45) is 7.94. The lowest BCUT2D eigenvalue weighted by Crippen LogP contribution is -2.24. The summed E-state index contributed by atoms with van der Waals surface area (Å²) >= 11 is 0. The predicted octanol–water partition coefficient (Wildman–Crippen LogP) is 3.13. The molecule has 0 aromatic rings. The fraction of sp³-hybridized carbons (Fsp3) is 1.00. The van der Waals surface area contributed by atoms with Crippen LogP contribution in [0, 0.1) is 5.92 Å². The number of aliphatic hydroxyl groups excluding tert-OH is 1. The summed E-state index contributed by atoms with van der Waals surface area (Å²) in [6, 6.07) is 0. The molecule has 1 aliphatic heterocycles. The van der Waals surface area contributed by atoms with Gasteiger partial charge in [-0.2, -0.15) is 0 Å². The van der Waals surface area contributed by atoms with Crippen molar-refractivity contribution in [3.8, 4) is 0 Å². The Morgan fingerprint density at radius 3 is 2.67 bits per heavy atom. The fourth-order valence-electron chi connectivity index (χ4n) is 2.18. The molecule has 0 saturated carbocycles. The van der Waals surface area contributed by atoms with Crippen LogP contribution < -0.4 is 0 Å². The third-order valence-electron chi connectivity index (χ3n) is 3.13. The van der Waals surface area contributed by atoms with Crippen LogP contribution in [0.15, 0.2) is 0 Å². The van der Waals surface area contributed by atoms with Gasteiger partial charge in [0, 0.05) is 6.61 Å². The van der Waals surface area contributed by atoms with Crippen LogP contribution in [-0.4, -0.2) is 23.9 Å². The molecule has 1 aliphatic rings. The van der Waals surface area contributed by atoms with Gasteiger partial charge in [-0.25, -0.2) is 0 Å². The van der Waals surface area contributed by atoms with E-state index in [-0.39, 0.29) is 6.10 Å². The van der Waals surface area contributed by atoms with Crippen molar-refractivity contribution in [3.63, 3.8) is 0 Å². The van der Waals surface area contributed by atoms with Gasteiger partial charge in [-0.15, -0.1) is 0 Å². The van der Waals surface area contributed by atoms with Crippen LogP contribution in [0.2, 0.25) is 0 Å². The predicted molar refractivity (Wildman–Crippen MR) is 62.9 cm³/mol. The van der Waals surface area contributed by atoms with Crippen LogP contribution in [-0.2, 0) is 4.74 Å². The molecular formula is C13H26O2. The van der Waals surface area contributed by atoms with Crippen molar-refractivity contribution in [2.45, 2.75) is 71.0 Å². The molecule has 1 saturated heterocycles. The van der Waals surface area contributed by atoms with E-state index < -0.39 is 0 Å². The Morgan fingerprint density at radius 2 is 2.07 bits per heavy atom. The first-order valence-electron chi connectivity index (χ1n) is 6.48. The number of hydrogen-bond donors (Lipinski definition) is 1. The van der Waals surface area contributed by atoms with E-state index in [0.29, 0.717) is 6.10 Å². The first-order chi connectivity index (χ1) is 7.18. The summed E-state index contributed by atoms with van der Waals surface area (Å²) in [7, 11) is 0. The van der Waals surface area contributed by atoms with Gasteiger partial charge in [0.25, 0.3) is 0 Å². The minimum atomic E-state index is -0.146. The van der Waals surface area contributed by atoms with Crippen molar-refractivity contribution >= 4 is 0 Å². The van der Waals surface area contributed by atoms with E-state index in [2.05, 4.69) is 13.8 Å². The highest BCUT2D eigenvalue weighted by atomic mass is 16.5. The molecule has 2 nitrogen and oxygen atoms in total. The normalized spacial score (nSPS) is 24.4. The van der Waals surface area contributed by atoms with E-state index in [1.807, 2.05) is 0 Å². The molecule has 1 heterocycles. The largest absolute Gasteiger partial charge is 0.393 e. The van der Waals surface area contributed by atoms with Gasteiger partial charge in [0.15, 0.2) is 0 Å². The maximum absolute atomic E-state index is 9.83. The molecule has 2 unspecified atom stereocenters. The maximum Gasteiger partial charge on any atom is 0.0599 e. The number of rotatable bonds is 6. The van der Waals surface area contributed by atoms with E-state index >= 15 is 0 Å². The number of ether oxygens (including phenoxy) is 1. The monoisotopic (exact) mass is 214 g/mol. The molecule has 90 valence electrons. The van der Waals surface area contributed by atoms with Crippen LogP contribution in [0.5, 0.6) is 0 Å². The fourth-order valence-corrected chi connectivity index (χ4v) is 2.18. The van der Waals surface area contributed by atoms with Crippen molar-refractivity contribution in [3.05, 3.63) is 0 Å². The summed E-state index contributed by atoms with van der Waals surface area (Å²) in [5.41, 5.74) is 0. The van der Waals surface area contributed by atoms with E-state index in [1.54, 1.807) is 0 Å². The zero-order valence-corrected chi connectivity index (χ0v) is 10.2. The van der Waals surface area contributed by atoms with E-state index in [0.717, 1.165) is 38.2 Å². The van der Waals surface area contributed by atoms with Gasteiger partial charge in [-0.1, -0.05) is 26.7 Å². The van der Waals surface area contributed by atoms with Crippen LogP contribution in [0.3, 0.4) is 0 Å². The standard InChI is InChI=1S/C13H26O2/c1-11(2)6-5-7-12(14)10-13-8-3-4-9-15-13/h11-14H,3-10H2,1-2H3. The Hall–Kier alpha value is -0.0800. The zero-order valence-electron chi connectivity index (χ0n) is 10.2. The lowest BCUT2D eigenvalue weighted by molar-refractivity contribution is -0.0168. The van der Waals surface area contributed by atoms with Gasteiger partial charge in [-0.3, -0.25) is 0 Å². The highest BCUT2D eigenvalue weighted by Gasteiger charge is 2.17. The first kappa shape index (κ1) is 13.0. The van der Waals surface area contributed by atoms with Gasteiger partial charge >= 0.3 is 0 Å². The van der Waals surface area contributed by atoms with Gasteiger partial charge in [-0.05, 0) is 38.0 Å². The summed E-state index contributed by atoms with van der Waals surface area (Å²) in [5, 5.41) is 9.83. The Balaban J connectivity index is 2.03. The topological polar surface area (TPSA) is 29.5 Å². The average molecular weight is 214 g/mol. The molecule has 0 bridgehead atoms. The molecule has 1 fully saturated rings. The van der Waals surface area contributed by atoms with Crippen molar-refractivity contribution in [1.29, 1.82) is 0 Å². The van der Waals surface area contributed by atoms with Crippen LogP contribution in [0.25, 0.3) is 0 Å². The molecule has 0 aromatic carbocycles. The first-order valence-corrected chi connectivity index (χ1v) is 6.48. The second-order valence-corrected chi connectivity index (χ2v) is 5.20. The lowest BCUT2D eigenvalue weighted by Gasteiger charge is -2.24. The minimum absolute atomic E-state index is 0.146. The summed E-state index contributed by atoms with van der Waals surface area (Å²) < 4.78 is 5.62. The SMILES string of the molecule is CC(C)CCCC(O)CC1CCCCO1. The molecule has 1 N–H and O–H groups in total. The van der Waals surface area contributed by atoms with Crippen LogP contribution >= 0.6 is 0 Å². The second kappa shape index (κ2) is 7.24. The molecule has 0 amide bonds. The Labute approximate surface area is 94.0 Å². The maximum atomic E-state index is 9.83. The quantitative estimate of drug-likeness (QED) is 0.736. The molecule has 0 aromatic heterocycles. The van der Waals surface area contributed by atoms with E-state index in [4.69, 9.17) is 4.74 Å². The molecule has 2 heteroatoms. The van der Waals surface area contributed by atoms with Gasteiger partial charge < -0.3 is 9.84 Å². The zero-order chi connectivity index (χ0) is 11.1. The average Bonchev–Trinajstić information content (AvgIpc) is 2.18. The van der Waals surface area contributed by atoms with Crippen molar-refractivity contribution in [1.82, 2.24) is 0 Å². The molecule has 0 radical (unpaired) electrons. The van der Waals surface area contributed by atoms with Crippen LogP contribution in [0.4, 0.5) is 0 Å². The van der Waals surface area contributed by atoms with Gasteiger partial charge in [0.05, 0.1) is 12.2 Å². The molecule has 0 aliphatic carbocycles. The highest BCUT2D eigenvalue weighted by Crippen LogP contribution is 2.19. The Morgan fingerprint density at radius 1 is 1.27 bits per heavy atom. The summed E-state index contributed by atoms with van der Waals surface area (Å²) in [5.74, 6) is 0.753.